The molecule has 0 aromatic heterocycles. The molecule has 1 saturated heterocycles. The van der Waals surface area contributed by atoms with Gasteiger partial charge in [0.05, 0.1) is 79.3 Å². The summed E-state index contributed by atoms with van der Waals surface area (Å²) in [6, 6.07) is 0. The van der Waals surface area contributed by atoms with Crippen molar-refractivity contribution in [3.8, 4) is 0 Å². The van der Waals surface area contributed by atoms with Gasteiger partial charge in [0, 0.05) is 13.2 Å². The van der Waals surface area contributed by atoms with Gasteiger partial charge in [0.15, 0.2) is 0 Å². The molecule has 2 unspecified atom stereocenters. The molecule has 150 valence electrons. The molecule has 0 aromatic carbocycles. The van der Waals surface area contributed by atoms with Crippen LogP contribution < -0.4 is 0 Å². The van der Waals surface area contributed by atoms with Crippen LogP contribution in [0.4, 0.5) is 0 Å². The van der Waals surface area contributed by atoms with Crippen molar-refractivity contribution >= 4 is 0 Å². The molecule has 1 rings (SSSR count). The zero-order valence-corrected chi connectivity index (χ0v) is 15.9. The maximum absolute atomic E-state index is 5.66. The third-order valence-corrected chi connectivity index (χ3v) is 3.96. The van der Waals surface area contributed by atoms with E-state index < -0.39 is 0 Å². The first-order chi connectivity index (χ1) is 12.3. The Bertz CT molecular complexity index is 252. The lowest BCUT2D eigenvalue weighted by atomic mass is 9.98. The van der Waals surface area contributed by atoms with Gasteiger partial charge in [-0.25, -0.2) is 0 Å². The second-order valence-electron chi connectivity index (χ2n) is 6.17. The summed E-state index contributed by atoms with van der Waals surface area (Å²) in [4.78, 5) is 0. The maximum Gasteiger partial charge on any atom is 0.0701 e. The molecule has 1 aliphatic heterocycles. The van der Waals surface area contributed by atoms with Crippen molar-refractivity contribution in [3.63, 3.8) is 0 Å². The van der Waals surface area contributed by atoms with Crippen LogP contribution in [0.2, 0.25) is 0 Å². The lowest BCUT2D eigenvalue weighted by Gasteiger charge is -2.20. The molecule has 2 atom stereocenters. The maximum atomic E-state index is 5.66. The Labute approximate surface area is 152 Å². The highest BCUT2D eigenvalue weighted by Gasteiger charge is 2.12. The lowest BCUT2D eigenvalue weighted by Crippen LogP contribution is -2.21. The van der Waals surface area contributed by atoms with Gasteiger partial charge in [-0.3, -0.25) is 0 Å². The summed E-state index contributed by atoms with van der Waals surface area (Å²) in [5.41, 5.74) is 0. The Morgan fingerprint density at radius 1 is 0.360 bits per heavy atom. The molecule has 0 amide bonds. The van der Waals surface area contributed by atoms with E-state index in [2.05, 4.69) is 13.8 Å². The van der Waals surface area contributed by atoms with E-state index >= 15 is 0 Å². The highest BCUT2D eigenvalue weighted by molar-refractivity contribution is 4.60. The molecule has 0 saturated carbocycles. The van der Waals surface area contributed by atoms with E-state index in [1.54, 1.807) is 0 Å². The summed E-state index contributed by atoms with van der Waals surface area (Å²) in [5, 5.41) is 0. The standard InChI is InChI=1S/C18H36O7/c1-17-15-24-13-11-22-9-7-20-5-3-19-4-6-21-8-10-23-12-14-25-16-18(17)2/h17-18H,3-16H2,1-2H3. The Balaban J connectivity index is 2.15. The van der Waals surface area contributed by atoms with E-state index in [-0.39, 0.29) is 0 Å². The monoisotopic (exact) mass is 364 g/mol. The molecule has 7 heteroatoms. The van der Waals surface area contributed by atoms with Crippen molar-refractivity contribution < 1.29 is 33.2 Å². The average Bonchev–Trinajstić information content (AvgIpc) is 2.61. The molecular weight excluding hydrogens is 328 g/mol. The molecule has 0 aliphatic carbocycles. The third-order valence-electron chi connectivity index (χ3n) is 3.96. The van der Waals surface area contributed by atoms with Gasteiger partial charge >= 0.3 is 0 Å². The minimum absolute atomic E-state index is 0.444. The van der Waals surface area contributed by atoms with Crippen molar-refractivity contribution in [2.75, 3.05) is 92.5 Å². The van der Waals surface area contributed by atoms with E-state index in [9.17, 15) is 0 Å². The van der Waals surface area contributed by atoms with E-state index in [1.807, 2.05) is 0 Å². The Morgan fingerprint density at radius 3 is 0.800 bits per heavy atom. The molecular formula is C18H36O7. The molecule has 0 bridgehead atoms. The van der Waals surface area contributed by atoms with Crippen LogP contribution in [0.15, 0.2) is 0 Å². The summed E-state index contributed by atoms with van der Waals surface area (Å²) in [6.07, 6.45) is 0. The van der Waals surface area contributed by atoms with E-state index in [0.29, 0.717) is 91.1 Å². The van der Waals surface area contributed by atoms with Gasteiger partial charge in [0.1, 0.15) is 0 Å². The number of ether oxygens (including phenoxy) is 7. The number of hydrogen-bond acceptors (Lipinski definition) is 7. The third kappa shape index (κ3) is 14.6. The van der Waals surface area contributed by atoms with Crippen LogP contribution in [0.1, 0.15) is 13.8 Å². The molecule has 7 nitrogen and oxygen atoms in total. The quantitative estimate of drug-likeness (QED) is 0.643. The lowest BCUT2D eigenvalue weighted by molar-refractivity contribution is -0.0192. The van der Waals surface area contributed by atoms with Crippen molar-refractivity contribution in [3.05, 3.63) is 0 Å². The largest absolute Gasteiger partial charge is 0.379 e. The van der Waals surface area contributed by atoms with Crippen LogP contribution in [-0.4, -0.2) is 92.5 Å². The van der Waals surface area contributed by atoms with E-state index in [1.165, 1.54) is 0 Å². The zero-order chi connectivity index (χ0) is 18.0. The summed E-state index contributed by atoms with van der Waals surface area (Å²) in [7, 11) is 0. The van der Waals surface area contributed by atoms with Gasteiger partial charge in [-0.1, -0.05) is 13.8 Å². The first-order valence-corrected chi connectivity index (χ1v) is 9.35. The number of hydrogen-bond donors (Lipinski definition) is 0. The van der Waals surface area contributed by atoms with Crippen LogP contribution >= 0.6 is 0 Å². The summed E-state index contributed by atoms with van der Waals surface area (Å²) >= 11 is 0. The second-order valence-corrected chi connectivity index (χ2v) is 6.17. The molecule has 1 fully saturated rings. The van der Waals surface area contributed by atoms with Gasteiger partial charge in [-0.15, -0.1) is 0 Å². The van der Waals surface area contributed by atoms with Crippen LogP contribution in [-0.2, 0) is 33.2 Å². The Morgan fingerprint density at radius 2 is 0.560 bits per heavy atom. The first kappa shape index (κ1) is 22.8. The fraction of sp³-hybridized carbons (Fsp3) is 1.00. The van der Waals surface area contributed by atoms with Crippen LogP contribution in [0.5, 0.6) is 0 Å². The van der Waals surface area contributed by atoms with E-state index in [0.717, 1.165) is 13.2 Å². The topological polar surface area (TPSA) is 64.6 Å². The number of rotatable bonds is 0. The highest BCUT2D eigenvalue weighted by Crippen LogP contribution is 2.11. The fourth-order valence-corrected chi connectivity index (χ4v) is 2.08. The van der Waals surface area contributed by atoms with Gasteiger partial charge < -0.3 is 33.2 Å². The van der Waals surface area contributed by atoms with Crippen molar-refractivity contribution in [2.45, 2.75) is 13.8 Å². The predicted molar refractivity (Wildman–Crippen MR) is 94.1 cm³/mol. The summed E-state index contributed by atoms with van der Waals surface area (Å²) < 4.78 is 38.5. The molecule has 0 aromatic rings. The molecule has 1 aliphatic rings. The van der Waals surface area contributed by atoms with Gasteiger partial charge in [-0.2, -0.15) is 0 Å². The Kier molecular flexibility index (Phi) is 15.6. The zero-order valence-electron chi connectivity index (χ0n) is 15.9. The minimum atomic E-state index is 0.444. The molecule has 0 N–H and O–H groups in total. The molecule has 1 heterocycles. The molecule has 0 radical (unpaired) electrons. The first-order valence-electron chi connectivity index (χ1n) is 9.35. The summed E-state index contributed by atoms with van der Waals surface area (Å²) in [5.74, 6) is 0.888. The van der Waals surface area contributed by atoms with Crippen LogP contribution in [0.3, 0.4) is 0 Å². The van der Waals surface area contributed by atoms with Gasteiger partial charge in [0.25, 0.3) is 0 Å². The average molecular weight is 364 g/mol. The normalized spacial score (nSPS) is 29.0. The fourth-order valence-electron chi connectivity index (χ4n) is 2.08. The van der Waals surface area contributed by atoms with Gasteiger partial charge in [0.2, 0.25) is 0 Å². The Hall–Kier alpha value is -0.280. The summed E-state index contributed by atoms with van der Waals surface area (Å²) in [6.45, 7) is 12.7. The van der Waals surface area contributed by atoms with Crippen molar-refractivity contribution in [2.24, 2.45) is 11.8 Å². The molecule has 25 heavy (non-hydrogen) atoms. The van der Waals surface area contributed by atoms with E-state index in [4.69, 9.17) is 33.2 Å². The van der Waals surface area contributed by atoms with Crippen molar-refractivity contribution in [1.29, 1.82) is 0 Å². The van der Waals surface area contributed by atoms with Crippen molar-refractivity contribution in [1.82, 2.24) is 0 Å². The van der Waals surface area contributed by atoms with Crippen LogP contribution in [0.25, 0.3) is 0 Å². The van der Waals surface area contributed by atoms with Gasteiger partial charge in [-0.05, 0) is 11.8 Å². The molecule has 0 spiro atoms. The highest BCUT2D eigenvalue weighted by atomic mass is 16.6. The smallest absolute Gasteiger partial charge is 0.0701 e. The van der Waals surface area contributed by atoms with Crippen LogP contribution in [0, 0.1) is 11.8 Å². The SMILES string of the molecule is CC1COCCOCCOCCOCCOCCOCCOCC1C. The predicted octanol–water partition coefficient (Wildman–Crippen LogP) is 1.39. The second kappa shape index (κ2) is 17.1. The minimum Gasteiger partial charge on any atom is -0.379 e.